The first-order valence-electron chi connectivity index (χ1n) is 9.01. The van der Waals surface area contributed by atoms with Gasteiger partial charge in [-0.15, -0.1) is 0 Å². The highest BCUT2D eigenvalue weighted by molar-refractivity contribution is 7.04. The Labute approximate surface area is 154 Å². The number of hydrogen-bond acceptors (Lipinski definition) is 6. The van der Waals surface area contributed by atoms with E-state index in [1.54, 1.807) is 11.2 Å². The Bertz CT molecular complexity index is 588. The summed E-state index contributed by atoms with van der Waals surface area (Å²) in [5.41, 5.74) is 3.87. The van der Waals surface area contributed by atoms with Crippen LogP contribution in [-0.4, -0.2) is 34.6 Å². The van der Waals surface area contributed by atoms with Crippen LogP contribution in [0.3, 0.4) is 0 Å². The first-order valence-corrected chi connectivity index (χ1v) is 9.85. The molecule has 6 nitrogen and oxygen atoms in total. The topological polar surface area (TPSA) is 91.5 Å². The normalized spacial score (nSPS) is 22.4. The molecule has 2 rings (SSSR count). The monoisotopic (exact) mass is 366 g/mol. The minimum absolute atomic E-state index is 0.0402. The first kappa shape index (κ1) is 19.9. The Balaban J connectivity index is 2.10. The van der Waals surface area contributed by atoms with E-state index in [1.807, 2.05) is 5.38 Å². The molecule has 140 valence electrons. The molecular formula is C18H30N4O2S. The molecule has 0 spiro atoms. The molecule has 0 radical (unpaired) electrons. The molecule has 1 unspecified atom stereocenters. The highest BCUT2D eigenvalue weighted by Crippen LogP contribution is 2.52. The van der Waals surface area contributed by atoms with Crippen LogP contribution >= 0.6 is 11.5 Å². The number of rotatable bonds is 10. The molecule has 0 aromatic carbocycles. The van der Waals surface area contributed by atoms with Crippen molar-refractivity contribution in [3.63, 3.8) is 0 Å². The molecule has 1 aliphatic rings. The summed E-state index contributed by atoms with van der Waals surface area (Å²) in [5.74, 6) is 7.27. The third kappa shape index (κ3) is 5.03. The lowest BCUT2D eigenvalue weighted by molar-refractivity contribution is -0.121. The standard InChI is InChI=1S/C18H30N4O2S/c1-4-5-12(2)17-13(3)18(17)15(6-7-16(24)20-8-9-23)22(19)14-10-21-25-11-14/h10-11,13,15,18,23H,4-9,19H2,1-3H3,(H,20,24)/b17-12-/t13-,15+,18?/m0/s1. The van der Waals surface area contributed by atoms with Crippen molar-refractivity contribution in [1.29, 1.82) is 0 Å². The molecule has 1 fully saturated rings. The summed E-state index contributed by atoms with van der Waals surface area (Å²) in [4.78, 5) is 12.0. The third-order valence-corrected chi connectivity index (χ3v) is 5.56. The molecule has 1 aromatic rings. The molecule has 1 aromatic heterocycles. The molecular weight excluding hydrogens is 336 g/mol. The van der Waals surface area contributed by atoms with Crippen LogP contribution in [0.15, 0.2) is 22.7 Å². The van der Waals surface area contributed by atoms with Crippen molar-refractivity contribution < 1.29 is 9.90 Å². The van der Waals surface area contributed by atoms with Crippen LogP contribution in [0.5, 0.6) is 0 Å². The van der Waals surface area contributed by atoms with Crippen molar-refractivity contribution in [2.75, 3.05) is 18.2 Å². The molecule has 1 saturated carbocycles. The Morgan fingerprint density at radius 1 is 1.52 bits per heavy atom. The maximum atomic E-state index is 12.0. The largest absolute Gasteiger partial charge is 0.395 e. The van der Waals surface area contributed by atoms with Gasteiger partial charge in [-0.1, -0.05) is 31.4 Å². The van der Waals surface area contributed by atoms with Crippen LogP contribution in [-0.2, 0) is 4.79 Å². The maximum absolute atomic E-state index is 12.0. The van der Waals surface area contributed by atoms with Crippen LogP contribution in [0.25, 0.3) is 0 Å². The zero-order valence-electron chi connectivity index (χ0n) is 15.4. The van der Waals surface area contributed by atoms with Gasteiger partial charge < -0.3 is 15.4 Å². The fourth-order valence-electron chi connectivity index (χ4n) is 3.73. The second-order valence-electron chi connectivity index (χ2n) is 6.77. The van der Waals surface area contributed by atoms with E-state index in [2.05, 4.69) is 30.5 Å². The molecule has 1 amide bonds. The zero-order chi connectivity index (χ0) is 18.4. The van der Waals surface area contributed by atoms with E-state index in [9.17, 15) is 4.79 Å². The fourth-order valence-corrected chi connectivity index (χ4v) is 4.25. The molecule has 1 aliphatic carbocycles. The van der Waals surface area contributed by atoms with Crippen LogP contribution in [0.2, 0.25) is 0 Å². The van der Waals surface area contributed by atoms with Crippen molar-refractivity contribution in [2.45, 2.75) is 52.5 Å². The van der Waals surface area contributed by atoms with Crippen LogP contribution in [0, 0.1) is 11.8 Å². The number of aliphatic hydroxyl groups is 1. The highest BCUT2D eigenvalue weighted by Gasteiger charge is 2.48. The molecule has 25 heavy (non-hydrogen) atoms. The predicted molar refractivity (Wildman–Crippen MR) is 102 cm³/mol. The zero-order valence-corrected chi connectivity index (χ0v) is 16.2. The van der Waals surface area contributed by atoms with E-state index in [-0.39, 0.29) is 18.6 Å². The average molecular weight is 367 g/mol. The summed E-state index contributed by atoms with van der Waals surface area (Å²) in [7, 11) is 0. The molecule has 7 heteroatoms. The van der Waals surface area contributed by atoms with Crippen molar-refractivity contribution in [3.05, 3.63) is 22.7 Å². The number of carbonyl (C=O) groups is 1. The predicted octanol–water partition coefficient (Wildman–Crippen LogP) is 2.46. The fraction of sp³-hybridized carbons (Fsp3) is 0.667. The Kier molecular flexibility index (Phi) is 7.40. The summed E-state index contributed by atoms with van der Waals surface area (Å²) in [5, 5.41) is 15.3. The van der Waals surface area contributed by atoms with Gasteiger partial charge in [0.05, 0.1) is 24.5 Å². The Morgan fingerprint density at radius 3 is 2.88 bits per heavy atom. The molecule has 0 saturated heterocycles. The third-order valence-electron chi connectivity index (χ3n) is 4.99. The van der Waals surface area contributed by atoms with E-state index in [0.29, 0.717) is 31.2 Å². The summed E-state index contributed by atoms with van der Waals surface area (Å²) in [6.07, 6.45) is 5.12. The van der Waals surface area contributed by atoms with E-state index >= 15 is 0 Å². The van der Waals surface area contributed by atoms with Crippen LogP contribution < -0.4 is 16.2 Å². The number of hydrogen-bond donors (Lipinski definition) is 3. The SMILES string of the molecule is CCC/C(C)=C1\C([C@@H](CCC(=O)NCCO)N(N)c2cnsc2)[C@H]1C. The minimum atomic E-state index is -0.0417. The van der Waals surface area contributed by atoms with Crippen LogP contribution in [0.4, 0.5) is 5.69 Å². The van der Waals surface area contributed by atoms with Gasteiger partial charge in [0, 0.05) is 24.3 Å². The summed E-state index contributed by atoms with van der Waals surface area (Å²) in [6, 6.07) is 0.0769. The van der Waals surface area contributed by atoms with Gasteiger partial charge in [-0.25, -0.2) is 5.84 Å². The van der Waals surface area contributed by atoms with Crippen molar-refractivity contribution in [3.8, 4) is 0 Å². The number of nitrogens with two attached hydrogens (primary N) is 1. The number of anilines is 1. The average Bonchev–Trinajstić information content (AvgIpc) is 3.01. The van der Waals surface area contributed by atoms with Gasteiger partial charge in [-0.3, -0.25) is 4.79 Å². The lowest BCUT2D eigenvalue weighted by Gasteiger charge is -2.28. The van der Waals surface area contributed by atoms with Crippen molar-refractivity contribution >= 4 is 23.1 Å². The Hall–Kier alpha value is -1.44. The summed E-state index contributed by atoms with van der Waals surface area (Å²) in [6.45, 7) is 6.92. The second-order valence-corrected chi connectivity index (χ2v) is 7.43. The number of hydrazine groups is 1. The highest BCUT2D eigenvalue weighted by atomic mass is 32.1. The van der Waals surface area contributed by atoms with Gasteiger partial charge in [-0.05, 0) is 37.2 Å². The minimum Gasteiger partial charge on any atom is -0.395 e. The molecule has 0 bridgehead atoms. The molecule has 1 heterocycles. The quantitative estimate of drug-likeness (QED) is 0.336. The van der Waals surface area contributed by atoms with Crippen molar-refractivity contribution in [1.82, 2.24) is 9.69 Å². The number of aliphatic hydroxyl groups excluding tert-OH is 1. The number of carbonyl (C=O) groups excluding carboxylic acids is 1. The van der Waals surface area contributed by atoms with Gasteiger partial charge in [0.25, 0.3) is 0 Å². The second kappa shape index (κ2) is 9.31. The summed E-state index contributed by atoms with van der Waals surface area (Å²) >= 11 is 1.38. The van der Waals surface area contributed by atoms with Gasteiger partial charge in [0.2, 0.25) is 5.91 Å². The summed E-state index contributed by atoms with van der Waals surface area (Å²) < 4.78 is 4.14. The first-order chi connectivity index (χ1) is 12.0. The van der Waals surface area contributed by atoms with E-state index in [1.165, 1.54) is 22.7 Å². The van der Waals surface area contributed by atoms with E-state index in [4.69, 9.17) is 10.9 Å². The number of amides is 1. The van der Waals surface area contributed by atoms with Gasteiger partial charge in [-0.2, -0.15) is 4.37 Å². The smallest absolute Gasteiger partial charge is 0.220 e. The number of nitrogens with one attached hydrogen (secondary N) is 1. The number of aromatic nitrogens is 1. The maximum Gasteiger partial charge on any atom is 0.220 e. The lowest BCUT2D eigenvalue weighted by Crippen LogP contribution is -2.43. The van der Waals surface area contributed by atoms with Gasteiger partial charge >= 0.3 is 0 Å². The number of allylic oxidation sites excluding steroid dienone is 1. The molecule has 4 N–H and O–H groups in total. The lowest BCUT2D eigenvalue weighted by atomic mass is 10.0. The van der Waals surface area contributed by atoms with Gasteiger partial charge in [0.15, 0.2) is 0 Å². The molecule has 0 aliphatic heterocycles. The van der Waals surface area contributed by atoms with E-state index < -0.39 is 0 Å². The van der Waals surface area contributed by atoms with Gasteiger partial charge in [0.1, 0.15) is 0 Å². The van der Waals surface area contributed by atoms with Crippen LogP contribution in [0.1, 0.15) is 46.5 Å². The molecule has 3 atom stereocenters. The number of nitrogens with zero attached hydrogens (tertiary/aromatic N) is 2. The Morgan fingerprint density at radius 2 is 2.28 bits per heavy atom. The van der Waals surface area contributed by atoms with Crippen molar-refractivity contribution in [2.24, 2.45) is 17.7 Å². The van der Waals surface area contributed by atoms with E-state index in [0.717, 1.165) is 18.5 Å².